The zero-order chi connectivity index (χ0) is 25.4. The molecule has 3 heterocycles. The number of nitrogens with zero attached hydrogens (tertiary/aromatic N) is 5. The first-order valence-electron chi connectivity index (χ1n) is 12.1. The molecule has 0 spiro atoms. The summed E-state index contributed by atoms with van der Waals surface area (Å²) in [5, 5.41) is 3.48. The molecule has 4 aromatic rings. The molecule has 1 aromatic carbocycles. The van der Waals surface area contributed by atoms with Crippen LogP contribution in [0.3, 0.4) is 0 Å². The maximum atomic E-state index is 12.4. The average Bonchev–Trinajstić information content (AvgIpc) is 3.29. The van der Waals surface area contributed by atoms with Crippen molar-refractivity contribution in [2.45, 2.75) is 49.6 Å². The van der Waals surface area contributed by atoms with Crippen LogP contribution in [0.4, 0.5) is 5.95 Å². The van der Waals surface area contributed by atoms with E-state index in [0.717, 1.165) is 59.4 Å². The van der Waals surface area contributed by atoms with Crippen LogP contribution < -0.4 is 11.1 Å². The van der Waals surface area contributed by atoms with Gasteiger partial charge in [-0.05, 0) is 73.6 Å². The van der Waals surface area contributed by atoms with Crippen molar-refractivity contribution >= 4 is 21.6 Å². The third kappa shape index (κ3) is 4.71. The third-order valence-electron chi connectivity index (χ3n) is 6.79. The van der Waals surface area contributed by atoms with Gasteiger partial charge in [-0.3, -0.25) is 4.40 Å². The van der Waals surface area contributed by atoms with Crippen LogP contribution in [0.15, 0.2) is 59.9 Å². The first-order valence-corrected chi connectivity index (χ1v) is 13.5. The van der Waals surface area contributed by atoms with Crippen LogP contribution in [-0.4, -0.2) is 58.3 Å². The number of nitrogens with one attached hydrogen (secondary N) is 1. The van der Waals surface area contributed by atoms with Gasteiger partial charge in [-0.1, -0.05) is 12.1 Å². The monoisotopic (exact) mass is 505 g/mol. The predicted octanol–water partition coefficient (Wildman–Crippen LogP) is 3.70. The summed E-state index contributed by atoms with van der Waals surface area (Å²) in [6, 6.07) is 11.5. The van der Waals surface area contributed by atoms with Crippen LogP contribution in [0.1, 0.15) is 31.2 Å². The Morgan fingerprint density at radius 3 is 2.36 bits per heavy atom. The number of aryl methyl sites for hydroxylation is 1. The van der Waals surface area contributed by atoms with E-state index in [1.54, 1.807) is 12.1 Å². The van der Waals surface area contributed by atoms with Crippen molar-refractivity contribution in [2.24, 2.45) is 5.73 Å². The van der Waals surface area contributed by atoms with Crippen LogP contribution in [-0.2, 0) is 10.0 Å². The Kier molecular flexibility index (Phi) is 6.50. The highest BCUT2D eigenvalue weighted by atomic mass is 32.2. The molecule has 188 valence electrons. The molecule has 36 heavy (non-hydrogen) atoms. The van der Waals surface area contributed by atoms with Crippen molar-refractivity contribution in [3.8, 4) is 22.5 Å². The van der Waals surface area contributed by atoms with E-state index in [9.17, 15) is 8.42 Å². The Hall–Kier alpha value is -3.34. The van der Waals surface area contributed by atoms with Gasteiger partial charge in [0.15, 0.2) is 0 Å². The van der Waals surface area contributed by atoms with Crippen LogP contribution in [0.25, 0.3) is 28.2 Å². The van der Waals surface area contributed by atoms with Crippen molar-refractivity contribution < 1.29 is 8.42 Å². The largest absolute Gasteiger partial charge is 0.351 e. The summed E-state index contributed by atoms with van der Waals surface area (Å²) in [6.07, 6.45) is 9.72. The minimum atomic E-state index is -3.48. The minimum absolute atomic E-state index is 0.261. The summed E-state index contributed by atoms with van der Waals surface area (Å²) in [7, 11) is -0.423. The quantitative estimate of drug-likeness (QED) is 0.410. The lowest BCUT2D eigenvalue weighted by atomic mass is 9.92. The van der Waals surface area contributed by atoms with E-state index < -0.39 is 10.0 Å². The summed E-state index contributed by atoms with van der Waals surface area (Å²) < 4.78 is 28.0. The second-order valence-corrected chi connectivity index (χ2v) is 11.7. The number of fused-ring (bicyclic) bond motifs is 1. The first kappa shape index (κ1) is 24.4. The van der Waals surface area contributed by atoms with E-state index in [2.05, 4.69) is 15.3 Å². The molecule has 3 N–H and O–H groups in total. The van der Waals surface area contributed by atoms with E-state index >= 15 is 0 Å². The zero-order valence-electron chi connectivity index (χ0n) is 20.7. The number of nitrogens with two attached hydrogens (primary N) is 1. The number of anilines is 1. The molecule has 5 rings (SSSR count). The van der Waals surface area contributed by atoms with Crippen molar-refractivity contribution in [2.75, 3.05) is 19.4 Å². The normalized spacial score (nSPS) is 18.6. The number of rotatable bonds is 6. The highest BCUT2D eigenvalue weighted by Crippen LogP contribution is 2.28. The van der Waals surface area contributed by atoms with Crippen molar-refractivity contribution in [3.05, 3.63) is 60.6 Å². The molecule has 0 unspecified atom stereocenters. The maximum absolute atomic E-state index is 12.4. The second-order valence-electron chi connectivity index (χ2n) is 9.58. The molecule has 0 atom stereocenters. The molecular weight excluding hydrogens is 474 g/mol. The minimum Gasteiger partial charge on any atom is -0.351 e. The summed E-state index contributed by atoms with van der Waals surface area (Å²) in [6.45, 7) is 1.99. The third-order valence-corrected chi connectivity index (χ3v) is 8.62. The molecule has 1 fully saturated rings. The van der Waals surface area contributed by atoms with Gasteiger partial charge >= 0.3 is 0 Å². The molecule has 0 radical (unpaired) electrons. The SMILES string of the molecule is Cc1cnc(NC2CCC(N)CC2)nc1-c1cnc2ccc(-c3ccc(S(=O)(=O)N(C)C)cc3)cn12. The maximum Gasteiger partial charge on any atom is 0.242 e. The zero-order valence-corrected chi connectivity index (χ0v) is 21.5. The number of hydrogen-bond donors (Lipinski definition) is 2. The van der Waals surface area contributed by atoms with Crippen LogP contribution >= 0.6 is 0 Å². The molecule has 0 saturated heterocycles. The van der Waals surface area contributed by atoms with Crippen LogP contribution in [0, 0.1) is 6.92 Å². The summed E-state index contributed by atoms with van der Waals surface area (Å²) in [5.74, 6) is 0.611. The van der Waals surface area contributed by atoms with Gasteiger partial charge in [-0.25, -0.2) is 27.7 Å². The first-order chi connectivity index (χ1) is 17.2. The van der Waals surface area contributed by atoms with Gasteiger partial charge in [0.2, 0.25) is 16.0 Å². The Balaban J connectivity index is 1.47. The smallest absolute Gasteiger partial charge is 0.242 e. The highest BCUT2D eigenvalue weighted by molar-refractivity contribution is 7.89. The Morgan fingerprint density at radius 1 is 0.972 bits per heavy atom. The Morgan fingerprint density at radius 2 is 1.67 bits per heavy atom. The predicted molar refractivity (Wildman–Crippen MR) is 141 cm³/mol. The van der Waals surface area contributed by atoms with Gasteiger partial charge in [-0.15, -0.1) is 0 Å². The molecule has 0 aliphatic heterocycles. The molecule has 0 bridgehead atoms. The lowest BCUT2D eigenvalue weighted by Gasteiger charge is -2.26. The van der Waals surface area contributed by atoms with Crippen molar-refractivity contribution in [3.63, 3.8) is 0 Å². The van der Waals surface area contributed by atoms with Gasteiger partial charge in [-0.2, -0.15) is 0 Å². The van der Waals surface area contributed by atoms with Gasteiger partial charge < -0.3 is 11.1 Å². The van der Waals surface area contributed by atoms with Gasteiger partial charge in [0.25, 0.3) is 0 Å². The molecule has 0 amide bonds. The van der Waals surface area contributed by atoms with E-state index in [0.29, 0.717) is 18.0 Å². The van der Waals surface area contributed by atoms with E-state index in [1.807, 2.05) is 54.2 Å². The highest BCUT2D eigenvalue weighted by Gasteiger charge is 2.20. The number of aromatic nitrogens is 4. The number of hydrogen-bond acceptors (Lipinski definition) is 7. The van der Waals surface area contributed by atoms with Gasteiger partial charge in [0.1, 0.15) is 5.65 Å². The molecule has 9 nitrogen and oxygen atoms in total. The van der Waals surface area contributed by atoms with Crippen LogP contribution in [0.5, 0.6) is 0 Å². The molecular formula is C26H31N7O2S. The Labute approximate surface area is 211 Å². The average molecular weight is 506 g/mol. The summed E-state index contributed by atoms with van der Waals surface area (Å²) >= 11 is 0. The number of imidazole rings is 1. The molecule has 1 saturated carbocycles. The van der Waals surface area contributed by atoms with E-state index in [1.165, 1.54) is 18.4 Å². The summed E-state index contributed by atoms with van der Waals surface area (Å²) in [4.78, 5) is 14.2. The van der Waals surface area contributed by atoms with E-state index in [4.69, 9.17) is 10.7 Å². The topological polar surface area (TPSA) is 119 Å². The second kappa shape index (κ2) is 9.61. The van der Waals surface area contributed by atoms with Crippen molar-refractivity contribution in [1.82, 2.24) is 23.7 Å². The molecule has 1 aliphatic rings. The van der Waals surface area contributed by atoms with Crippen LogP contribution in [0.2, 0.25) is 0 Å². The lowest BCUT2D eigenvalue weighted by Crippen LogP contribution is -2.33. The number of benzene rings is 1. The van der Waals surface area contributed by atoms with Gasteiger partial charge in [0, 0.05) is 38.6 Å². The molecule has 3 aromatic heterocycles. The fourth-order valence-corrected chi connectivity index (χ4v) is 5.48. The molecule has 1 aliphatic carbocycles. The Bertz CT molecular complexity index is 1490. The van der Waals surface area contributed by atoms with Gasteiger partial charge in [0.05, 0.1) is 22.5 Å². The van der Waals surface area contributed by atoms with E-state index in [-0.39, 0.29) is 4.90 Å². The standard InChI is InChI=1S/C26H31N7O2S/c1-17-14-29-26(30-21-9-7-20(27)8-10-21)31-25(17)23-15-28-24-13-6-19(16-33(23)24)18-4-11-22(12-5-18)36(34,35)32(2)3/h4-6,11-16,20-21H,7-10,27H2,1-3H3,(H,29,30,31). The molecule has 10 heteroatoms. The number of sulfonamides is 1. The lowest BCUT2D eigenvalue weighted by molar-refractivity contribution is 0.410. The van der Waals surface area contributed by atoms with Crippen molar-refractivity contribution in [1.29, 1.82) is 0 Å². The fourth-order valence-electron chi connectivity index (χ4n) is 4.57. The summed E-state index contributed by atoms with van der Waals surface area (Å²) in [5.41, 5.74) is 11.3. The fraction of sp³-hybridized carbons (Fsp3) is 0.346. The number of pyridine rings is 1.